The molecule has 0 aliphatic rings. The van der Waals surface area contributed by atoms with E-state index in [1.54, 1.807) is 0 Å². The van der Waals surface area contributed by atoms with Crippen LogP contribution in [0.25, 0.3) is 10.9 Å². The maximum Gasteiger partial charge on any atom is 0.262 e. The maximum absolute atomic E-state index is 13.3. The molecule has 0 saturated carbocycles. The Morgan fingerprint density at radius 1 is 1.42 bits per heavy atom. The van der Waals surface area contributed by atoms with Crippen molar-refractivity contribution in [3.05, 3.63) is 32.8 Å². The van der Waals surface area contributed by atoms with Crippen LogP contribution in [0.3, 0.4) is 0 Å². The Morgan fingerprint density at radius 2 is 2.05 bits per heavy atom. The van der Waals surface area contributed by atoms with E-state index < -0.39 is 21.2 Å². The van der Waals surface area contributed by atoms with E-state index in [0.29, 0.717) is 0 Å². The van der Waals surface area contributed by atoms with Crippen molar-refractivity contribution in [3.8, 4) is 0 Å². The first-order chi connectivity index (χ1) is 8.77. The quantitative estimate of drug-likeness (QED) is 0.773. The number of hydrogen-bond acceptors (Lipinski definition) is 4. The number of nitrogens with zero attached hydrogens (tertiary/aromatic N) is 2. The van der Waals surface area contributed by atoms with E-state index in [1.165, 1.54) is 14.0 Å². The fraction of sp³-hybridized carbons (Fsp3) is 0.273. The van der Waals surface area contributed by atoms with Crippen LogP contribution in [0.5, 0.6) is 0 Å². The van der Waals surface area contributed by atoms with Crippen molar-refractivity contribution in [3.63, 3.8) is 0 Å². The van der Waals surface area contributed by atoms with Crippen molar-refractivity contribution in [1.82, 2.24) is 9.55 Å². The van der Waals surface area contributed by atoms with E-state index in [9.17, 15) is 17.6 Å². The minimum Gasteiger partial charge on any atom is -0.286 e. The van der Waals surface area contributed by atoms with Gasteiger partial charge in [0.15, 0.2) is 0 Å². The summed E-state index contributed by atoms with van der Waals surface area (Å²) < 4.78 is 38.2. The SMILES string of the molecule is CCS(=O)(=O)c1nc2c(Br)cc(F)cc2c(=O)n1C. The Bertz CT molecular complexity index is 830. The molecule has 8 heteroatoms. The van der Waals surface area contributed by atoms with Gasteiger partial charge in [0, 0.05) is 11.5 Å². The van der Waals surface area contributed by atoms with Gasteiger partial charge in [-0.15, -0.1) is 0 Å². The number of fused-ring (bicyclic) bond motifs is 1. The van der Waals surface area contributed by atoms with E-state index in [4.69, 9.17) is 0 Å². The van der Waals surface area contributed by atoms with Gasteiger partial charge in [-0.2, -0.15) is 0 Å². The molecule has 1 heterocycles. The number of rotatable bonds is 2. The van der Waals surface area contributed by atoms with Gasteiger partial charge in [0.25, 0.3) is 5.56 Å². The molecule has 2 rings (SSSR count). The van der Waals surface area contributed by atoms with Crippen molar-refractivity contribution in [2.24, 2.45) is 7.05 Å². The Hall–Kier alpha value is -1.28. The van der Waals surface area contributed by atoms with Crippen molar-refractivity contribution in [2.45, 2.75) is 12.1 Å². The zero-order valence-corrected chi connectivity index (χ0v) is 12.5. The van der Waals surface area contributed by atoms with Crippen LogP contribution in [0.4, 0.5) is 4.39 Å². The number of benzene rings is 1. The molecule has 0 N–H and O–H groups in total. The minimum absolute atomic E-state index is 0.0319. The lowest BCUT2D eigenvalue weighted by atomic mass is 10.2. The zero-order valence-electron chi connectivity index (χ0n) is 10.1. The molecule has 2 aromatic rings. The summed E-state index contributed by atoms with van der Waals surface area (Å²) in [6, 6.07) is 2.18. The van der Waals surface area contributed by atoms with Crippen LogP contribution in [0, 0.1) is 5.82 Å². The molecule has 0 spiro atoms. The summed E-state index contributed by atoms with van der Waals surface area (Å²) in [5.74, 6) is -0.762. The highest BCUT2D eigenvalue weighted by Crippen LogP contribution is 2.22. The van der Waals surface area contributed by atoms with E-state index in [2.05, 4.69) is 20.9 Å². The van der Waals surface area contributed by atoms with Crippen LogP contribution in [0.15, 0.2) is 26.6 Å². The molecule has 0 bridgehead atoms. The van der Waals surface area contributed by atoms with Crippen molar-refractivity contribution in [2.75, 3.05) is 5.75 Å². The molecule has 0 atom stereocenters. The number of aromatic nitrogens is 2. The average molecular weight is 349 g/mol. The zero-order chi connectivity index (χ0) is 14.4. The van der Waals surface area contributed by atoms with E-state index >= 15 is 0 Å². The van der Waals surface area contributed by atoms with Gasteiger partial charge in [0.1, 0.15) is 5.82 Å². The Balaban J connectivity index is 3.01. The summed E-state index contributed by atoms with van der Waals surface area (Å²) >= 11 is 3.08. The monoisotopic (exact) mass is 348 g/mol. The van der Waals surface area contributed by atoms with Gasteiger partial charge >= 0.3 is 0 Å². The van der Waals surface area contributed by atoms with Crippen molar-refractivity contribution >= 4 is 36.7 Å². The first-order valence-electron chi connectivity index (χ1n) is 5.36. The second kappa shape index (κ2) is 4.68. The number of hydrogen-bond donors (Lipinski definition) is 0. The van der Waals surface area contributed by atoms with Gasteiger partial charge in [0.2, 0.25) is 15.0 Å². The first-order valence-corrected chi connectivity index (χ1v) is 7.81. The third-order valence-corrected chi connectivity index (χ3v) is 5.00. The van der Waals surface area contributed by atoms with Crippen LogP contribution in [0.1, 0.15) is 6.92 Å². The minimum atomic E-state index is -3.63. The molecule has 0 amide bonds. The van der Waals surface area contributed by atoms with Crippen LogP contribution in [0.2, 0.25) is 0 Å². The van der Waals surface area contributed by atoms with E-state index in [1.807, 2.05) is 0 Å². The normalized spacial score (nSPS) is 12.0. The molecule has 0 unspecified atom stereocenters. The highest BCUT2D eigenvalue weighted by molar-refractivity contribution is 9.10. The number of sulfone groups is 1. The standard InChI is InChI=1S/C11H10BrFN2O3S/c1-3-19(17,18)11-14-9-7(10(16)15(11)2)4-6(13)5-8(9)12/h4-5H,3H2,1-2H3. The molecule has 1 aromatic heterocycles. The highest BCUT2D eigenvalue weighted by Gasteiger charge is 2.21. The lowest BCUT2D eigenvalue weighted by Crippen LogP contribution is -2.26. The highest BCUT2D eigenvalue weighted by atomic mass is 79.9. The van der Waals surface area contributed by atoms with Crippen LogP contribution in [-0.4, -0.2) is 23.7 Å². The van der Waals surface area contributed by atoms with Gasteiger partial charge in [-0.25, -0.2) is 17.8 Å². The summed E-state index contributed by atoms with van der Waals surface area (Å²) in [6.45, 7) is 1.46. The second-order valence-electron chi connectivity index (χ2n) is 3.95. The predicted molar refractivity (Wildman–Crippen MR) is 72.4 cm³/mol. The summed E-state index contributed by atoms with van der Waals surface area (Å²) in [6.07, 6.45) is 0. The van der Waals surface area contributed by atoms with Gasteiger partial charge in [-0.05, 0) is 28.1 Å². The van der Waals surface area contributed by atoms with Crippen LogP contribution < -0.4 is 5.56 Å². The predicted octanol–water partition coefficient (Wildman–Crippen LogP) is 1.63. The lowest BCUT2D eigenvalue weighted by molar-refractivity contribution is 0.573. The Morgan fingerprint density at radius 3 is 2.63 bits per heavy atom. The van der Waals surface area contributed by atoms with Gasteiger partial charge in [0.05, 0.1) is 16.7 Å². The van der Waals surface area contributed by atoms with Gasteiger partial charge in [-0.1, -0.05) is 6.92 Å². The average Bonchev–Trinajstić information content (AvgIpc) is 2.34. The van der Waals surface area contributed by atoms with Crippen LogP contribution >= 0.6 is 15.9 Å². The molecule has 0 radical (unpaired) electrons. The summed E-state index contributed by atoms with van der Waals surface area (Å²) in [4.78, 5) is 16.1. The smallest absolute Gasteiger partial charge is 0.262 e. The molecule has 102 valence electrons. The molecule has 0 aliphatic heterocycles. The fourth-order valence-corrected chi connectivity index (χ4v) is 3.20. The molecule has 0 fully saturated rings. The molecular formula is C11H10BrFN2O3S. The summed E-state index contributed by atoms with van der Waals surface area (Å²) in [5.41, 5.74) is -0.464. The van der Waals surface area contributed by atoms with Crippen LogP contribution in [-0.2, 0) is 16.9 Å². The third-order valence-electron chi connectivity index (χ3n) is 2.72. The molecular weight excluding hydrogens is 339 g/mol. The van der Waals surface area contributed by atoms with Gasteiger partial charge in [-0.3, -0.25) is 9.36 Å². The lowest BCUT2D eigenvalue weighted by Gasteiger charge is -2.09. The molecule has 5 nitrogen and oxygen atoms in total. The van der Waals surface area contributed by atoms with Gasteiger partial charge < -0.3 is 0 Å². The maximum atomic E-state index is 13.3. The first kappa shape index (κ1) is 14.1. The topological polar surface area (TPSA) is 69.0 Å². The molecule has 0 aliphatic carbocycles. The van der Waals surface area contributed by atoms with Crippen molar-refractivity contribution < 1.29 is 12.8 Å². The molecule has 19 heavy (non-hydrogen) atoms. The molecule has 1 aromatic carbocycles. The summed E-state index contributed by atoms with van der Waals surface area (Å²) in [5, 5.41) is -0.288. The van der Waals surface area contributed by atoms with E-state index in [-0.39, 0.29) is 26.3 Å². The van der Waals surface area contributed by atoms with E-state index in [0.717, 1.165) is 16.7 Å². The number of halogens is 2. The summed E-state index contributed by atoms with van der Waals surface area (Å²) in [7, 11) is -2.33. The third kappa shape index (κ3) is 2.30. The molecule has 0 saturated heterocycles. The second-order valence-corrected chi connectivity index (χ2v) is 6.97. The van der Waals surface area contributed by atoms with Crippen molar-refractivity contribution in [1.29, 1.82) is 0 Å². The Kier molecular flexibility index (Phi) is 3.48. The Labute approximate surface area is 117 Å². The fourth-order valence-electron chi connectivity index (χ4n) is 1.69. The largest absolute Gasteiger partial charge is 0.286 e.